The van der Waals surface area contributed by atoms with Gasteiger partial charge < -0.3 is 19.9 Å². The highest BCUT2D eigenvalue weighted by Gasteiger charge is 2.30. The van der Waals surface area contributed by atoms with Gasteiger partial charge in [0.15, 0.2) is 0 Å². The molecular weight excluding hydrogens is 374 g/mol. The molecule has 1 fully saturated rings. The number of likely N-dealkylation sites (N-methyl/N-ethyl adjacent to an activating group) is 1. The smallest absolute Gasteiger partial charge is 0.407 e. The van der Waals surface area contributed by atoms with E-state index in [2.05, 4.69) is 47.3 Å². The normalized spacial score (nSPS) is 21.3. The fraction of sp³-hybridized carbons (Fsp3) is 0.480. The zero-order valence-corrected chi connectivity index (χ0v) is 18.1. The van der Waals surface area contributed by atoms with Gasteiger partial charge in [-0.15, -0.1) is 0 Å². The Hall–Kier alpha value is -2.53. The number of ether oxygens (including phenoxy) is 1. The number of nitrogens with zero attached hydrogens (tertiary/aromatic N) is 2. The van der Waals surface area contributed by atoms with E-state index < -0.39 is 0 Å². The first-order valence-corrected chi connectivity index (χ1v) is 11.1. The van der Waals surface area contributed by atoms with Gasteiger partial charge >= 0.3 is 6.09 Å². The SMILES string of the molecule is C[C@@H]1Cc2cc(N3CCN(C)CC3)ccc2[C@@H]1CCNC(=O)OCc1ccccc1. The van der Waals surface area contributed by atoms with E-state index in [0.717, 1.165) is 44.6 Å². The van der Waals surface area contributed by atoms with E-state index >= 15 is 0 Å². The van der Waals surface area contributed by atoms with Crippen molar-refractivity contribution in [3.63, 3.8) is 0 Å². The molecule has 2 atom stereocenters. The first-order chi connectivity index (χ1) is 14.6. The number of hydrogen-bond donors (Lipinski definition) is 1. The summed E-state index contributed by atoms with van der Waals surface area (Å²) in [5, 5.41) is 2.92. The van der Waals surface area contributed by atoms with Gasteiger partial charge in [-0.25, -0.2) is 4.79 Å². The van der Waals surface area contributed by atoms with Gasteiger partial charge in [0.1, 0.15) is 6.61 Å². The van der Waals surface area contributed by atoms with Crippen LogP contribution in [0.25, 0.3) is 0 Å². The fourth-order valence-electron chi connectivity index (χ4n) is 4.73. The molecule has 5 heteroatoms. The molecule has 1 saturated heterocycles. The molecule has 0 radical (unpaired) electrons. The Labute approximate surface area is 180 Å². The number of hydrogen-bond acceptors (Lipinski definition) is 4. The maximum Gasteiger partial charge on any atom is 0.407 e. The summed E-state index contributed by atoms with van der Waals surface area (Å²) in [4.78, 5) is 16.9. The minimum Gasteiger partial charge on any atom is -0.445 e. The number of benzene rings is 2. The number of piperazine rings is 1. The van der Waals surface area contributed by atoms with Crippen molar-refractivity contribution in [2.45, 2.75) is 32.3 Å². The molecule has 1 N–H and O–H groups in total. The lowest BCUT2D eigenvalue weighted by molar-refractivity contribution is 0.139. The number of nitrogens with one attached hydrogen (secondary N) is 1. The predicted molar refractivity (Wildman–Crippen MR) is 121 cm³/mol. The Balaban J connectivity index is 1.28. The molecule has 1 amide bonds. The van der Waals surface area contributed by atoms with Crippen LogP contribution in [0.15, 0.2) is 48.5 Å². The van der Waals surface area contributed by atoms with E-state index in [9.17, 15) is 4.79 Å². The summed E-state index contributed by atoms with van der Waals surface area (Å²) >= 11 is 0. The Morgan fingerprint density at radius 1 is 1.10 bits per heavy atom. The first kappa shape index (κ1) is 20.7. The van der Waals surface area contributed by atoms with Gasteiger partial charge in [0, 0.05) is 38.4 Å². The first-order valence-electron chi connectivity index (χ1n) is 11.1. The highest BCUT2D eigenvalue weighted by molar-refractivity contribution is 5.67. The Morgan fingerprint density at radius 2 is 1.87 bits per heavy atom. The van der Waals surface area contributed by atoms with Crippen LogP contribution < -0.4 is 10.2 Å². The summed E-state index contributed by atoms with van der Waals surface area (Å²) in [6.07, 6.45) is 1.73. The number of fused-ring (bicyclic) bond motifs is 1. The van der Waals surface area contributed by atoms with Gasteiger partial charge in [0.2, 0.25) is 0 Å². The van der Waals surface area contributed by atoms with Crippen molar-refractivity contribution in [1.82, 2.24) is 10.2 Å². The zero-order valence-electron chi connectivity index (χ0n) is 18.1. The van der Waals surface area contributed by atoms with Gasteiger partial charge in [-0.1, -0.05) is 43.3 Å². The highest BCUT2D eigenvalue weighted by atomic mass is 16.5. The third kappa shape index (κ3) is 4.96. The van der Waals surface area contributed by atoms with E-state index in [1.54, 1.807) is 0 Å². The van der Waals surface area contributed by atoms with Crippen molar-refractivity contribution in [2.24, 2.45) is 5.92 Å². The zero-order chi connectivity index (χ0) is 20.9. The van der Waals surface area contributed by atoms with Crippen LogP contribution in [0.1, 0.15) is 36.0 Å². The van der Waals surface area contributed by atoms with Gasteiger partial charge in [-0.05, 0) is 60.5 Å². The monoisotopic (exact) mass is 407 g/mol. The van der Waals surface area contributed by atoms with Crippen LogP contribution in [0.4, 0.5) is 10.5 Å². The third-order valence-corrected chi connectivity index (χ3v) is 6.56. The Bertz CT molecular complexity index is 847. The minimum absolute atomic E-state index is 0.310. The second-order valence-electron chi connectivity index (χ2n) is 8.74. The van der Waals surface area contributed by atoms with Crippen molar-refractivity contribution in [2.75, 3.05) is 44.7 Å². The molecule has 4 rings (SSSR count). The molecule has 0 aromatic heterocycles. The molecule has 5 nitrogen and oxygen atoms in total. The fourth-order valence-corrected chi connectivity index (χ4v) is 4.73. The summed E-state index contributed by atoms with van der Waals surface area (Å²) in [7, 11) is 2.19. The Morgan fingerprint density at radius 3 is 2.63 bits per heavy atom. The van der Waals surface area contributed by atoms with Crippen molar-refractivity contribution in [3.8, 4) is 0 Å². The third-order valence-electron chi connectivity index (χ3n) is 6.56. The maximum absolute atomic E-state index is 12.0. The van der Waals surface area contributed by atoms with E-state index in [1.165, 1.54) is 16.8 Å². The van der Waals surface area contributed by atoms with Gasteiger partial charge in [0.05, 0.1) is 0 Å². The summed E-state index contributed by atoms with van der Waals surface area (Å²) < 4.78 is 5.32. The molecule has 0 bridgehead atoms. The van der Waals surface area contributed by atoms with E-state index in [-0.39, 0.29) is 6.09 Å². The molecule has 2 aromatic carbocycles. The van der Waals surface area contributed by atoms with Crippen LogP contribution in [-0.2, 0) is 17.8 Å². The number of amides is 1. The summed E-state index contributed by atoms with van der Waals surface area (Å²) in [6, 6.07) is 16.8. The number of carbonyl (C=O) groups is 1. The molecule has 0 unspecified atom stereocenters. The van der Waals surface area contributed by atoms with Crippen LogP contribution in [0.5, 0.6) is 0 Å². The Kier molecular flexibility index (Phi) is 6.58. The lowest BCUT2D eigenvalue weighted by Gasteiger charge is -2.34. The minimum atomic E-state index is -0.338. The van der Waals surface area contributed by atoms with Crippen LogP contribution in [0, 0.1) is 5.92 Å². The van der Waals surface area contributed by atoms with Gasteiger partial charge in [-0.3, -0.25) is 0 Å². The maximum atomic E-state index is 12.0. The van der Waals surface area contributed by atoms with E-state index in [1.807, 2.05) is 30.3 Å². The van der Waals surface area contributed by atoms with Crippen LogP contribution in [0.2, 0.25) is 0 Å². The van der Waals surface area contributed by atoms with Gasteiger partial charge in [-0.2, -0.15) is 0 Å². The number of carbonyl (C=O) groups excluding carboxylic acids is 1. The van der Waals surface area contributed by atoms with Crippen molar-refractivity contribution in [1.29, 1.82) is 0 Å². The van der Waals surface area contributed by atoms with Crippen molar-refractivity contribution in [3.05, 3.63) is 65.2 Å². The number of anilines is 1. The molecule has 2 aromatic rings. The summed E-state index contributed by atoms with van der Waals surface area (Å²) in [5.74, 6) is 1.10. The van der Waals surface area contributed by atoms with E-state index in [4.69, 9.17) is 4.74 Å². The summed E-state index contributed by atoms with van der Waals surface area (Å²) in [6.45, 7) is 7.73. The average molecular weight is 408 g/mol. The topological polar surface area (TPSA) is 44.8 Å². The number of alkyl carbamates (subject to hydrolysis) is 1. The van der Waals surface area contributed by atoms with Gasteiger partial charge in [0.25, 0.3) is 0 Å². The highest BCUT2D eigenvalue weighted by Crippen LogP contribution is 2.41. The van der Waals surface area contributed by atoms with Crippen molar-refractivity contribution < 1.29 is 9.53 Å². The molecule has 0 spiro atoms. The molecule has 30 heavy (non-hydrogen) atoms. The number of rotatable bonds is 6. The summed E-state index contributed by atoms with van der Waals surface area (Å²) in [5.41, 5.74) is 5.30. The molecule has 160 valence electrons. The molecule has 2 aliphatic rings. The molecular formula is C25H33N3O2. The van der Waals surface area contributed by atoms with Crippen LogP contribution in [-0.4, -0.2) is 50.8 Å². The predicted octanol–water partition coefficient (Wildman–Crippen LogP) is 4.03. The average Bonchev–Trinajstić information content (AvgIpc) is 3.08. The standard InChI is InChI=1S/C25H33N3O2/c1-19-16-21-17-22(28-14-12-27(2)13-15-28)8-9-24(21)23(19)10-11-26-25(29)30-18-20-6-4-3-5-7-20/h3-9,17,19,23H,10-16,18H2,1-2H3,(H,26,29)/t19-,23-/m1/s1. The second kappa shape index (κ2) is 9.52. The van der Waals surface area contributed by atoms with E-state index in [0.29, 0.717) is 25.0 Å². The van der Waals surface area contributed by atoms with Crippen molar-refractivity contribution >= 4 is 11.8 Å². The molecule has 0 saturated carbocycles. The second-order valence-corrected chi connectivity index (χ2v) is 8.74. The quantitative estimate of drug-likeness (QED) is 0.785. The molecule has 1 aliphatic heterocycles. The lowest BCUT2D eigenvalue weighted by atomic mass is 9.91. The largest absolute Gasteiger partial charge is 0.445 e. The van der Waals surface area contributed by atoms with Crippen LogP contribution >= 0.6 is 0 Å². The molecule has 1 heterocycles. The molecule has 1 aliphatic carbocycles. The lowest BCUT2D eigenvalue weighted by Crippen LogP contribution is -2.44. The van der Waals surface area contributed by atoms with Crippen LogP contribution in [0.3, 0.4) is 0 Å².